The van der Waals surface area contributed by atoms with Gasteiger partial charge in [-0.2, -0.15) is 0 Å². The van der Waals surface area contributed by atoms with Crippen molar-refractivity contribution < 1.29 is 14.3 Å². The Morgan fingerprint density at radius 1 is 1.37 bits per heavy atom. The molecule has 0 unspecified atom stereocenters. The molecule has 5 nitrogen and oxygen atoms in total. The normalized spacial score (nSPS) is 10.3. The Morgan fingerprint density at radius 2 is 2.11 bits per heavy atom. The second-order valence-electron chi connectivity index (χ2n) is 3.64. The van der Waals surface area contributed by atoms with Crippen molar-refractivity contribution in [2.45, 2.75) is 6.92 Å². The van der Waals surface area contributed by atoms with Gasteiger partial charge < -0.3 is 4.74 Å². The average molecular weight is 341 g/mol. The minimum Gasteiger partial charge on any atom is -0.464 e. The highest BCUT2D eigenvalue weighted by Gasteiger charge is 2.22. The van der Waals surface area contributed by atoms with Crippen LogP contribution in [0.15, 0.2) is 22.9 Å². The van der Waals surface area contributed by atoms with Crippen LogP contribution in [0.1, 0.15) is 27.1 Å². The van der Waals surface area contributed by atoms with Crippen molar-refractivity contribution in [1.29, 1.82) is 0 Å². The molecule has 0 aliphatic carbocycles. The lowest BCUT2D eigenvalue weighted by Crippen LogP contribution is -2.06. The SMILES string of the molecule is COC(=O)c1nc(-c2cncc(Br)c2)sc1C(C)=O. The first-order valence-corrected chi connectivity index (χ1v) is 6.85. The van der Waals surface area contributed by atoms with Crippen LogP contribution in [0.25, 0.3) is 10.6 Å². The Morgan fingerprint density at radius 3 is 2.68 bits per heavy atom. The van der Waals surface area contributed by atoms with E-state index in [0.717, 1.165) is 21.4 Å². The molecule has 0 amide bonds. The van der Waals surface area contributed by atoms with Gasteiger partial charge >= 0.3 is 5.97 Å². The quantitative estimate of drug-likeness (QED) is 0.634. The fraction of sp³-hybridized carbons (Fsp3) is 0.167. The maximum atomic E-state index is 11.6. The standard InChI is InChI=1S/C12H9BrN2O3S/c1-6(16)10-9(12(17)18-2)15-11(19-10)7-3-8(13)5-14-4-7/h3-5H,1-2H3. The van der Waals surface area contributed by atoms with Crippen molar-refractivity contribution in [1.82, 2.24) is 9.97 Å². The van der Waals surface area contributed by atoms with Crippen LogP contribution in [0.3, 0.4) is 0 Å². The molecular formula is C12H9BrN2O3S. The van der Waals surface area contributed by atoms with E-state index in [9.17, 15) is 9.59 Å². The molecule has 0 bridgehead atoms. The number of hydrogen-bond acceptors (Lipinski definition) is 6. The molecule has 0 aromatic carbocycles. The molecule has 2 aromatic heterocycles. The zero-order chi connectivity index (χ0) is 14.0. The van der Waals surface area contributed by atoms with Crippen molar-refractivity contribution in [2.75, 3.05) is 7.11 Å². The number of pyridine rings is 1. The maximum absolute atomic E-state index is 11.6. The summed E-state index contributed by atoms with van der Waals surface area (Å²) < 4.78 is 5.42. The van der Waals surface area contributed by atoms with Crippen molar-refractivity contribution in [3.8, 4) is 10.6 Å². The molecule has 0 radical (unpaired) electrons. The molecule has 2 heterocycles. The van der Waals surface area contributed by atoms with Gasteiger partial charge in [0.25, 0.3) is 0 Å². The molecule has 0 aliphatic rings. The molecule has 0 spiro atoms. The van der Waals surface area contributed by atoms with Crippen LogP contribution in [0, 0.1) is 0 Å². The van der Waals surface area contributed by atoms with Gasteiger partial charge in [0, 0.05) is 29.4 Å². The van der Waals surface area contributed by atoms with Crippen LogP contribution >= 0.6 is 27.3 Å². The lowest BCUT2D eigenvalue weighted by molar-refractivity contribution is 0.0591. The van der Waals surface area contributed by atoms with Crippen molar-refractivity contribution >= 4 is 39.0 Å². The van der Waals surface area contributed by atoms with E-state index in [-0.39, 0.29) is 11.5 Å². The number of rotatable bonds is 3. The molecular weight excluding hydrogens is 332 g/mol. The number of ether oxygens (including phenoxy) is 1. The van der Waals surface area contributed by atoms with E-state index in [1.54, 1.807) is 12.4 Å². The van der Waals surface area contributed by atoms with Gasteiger partial charge in [0.05, 0.1) is 7.11 Å². The number of carbonyl (C=O) groups is 2. The second-order valence-corrected chi connectivity index (χ2v) is 5.55. The first-order chi connectivity index (χ1) is 9.02. The molecule has 0 saturated carbocycles. The van der Waals surface area contributed by atoms with Gasteiger partial charge in [0.15, 0.2) is 11.5 Å². The minimum atomic E-state index is -0.615. The van der Waals surface area contributed by atoms with Gasteiger partial charge in [-0.3, -0.25) is 9.78 Å². The predicted octanol–water partition coefficient (Wildman–Crippen LogP) is 2.96. The van der Waals surface area contributed by atoms with Gasteiger partial charge in [-0.05, 0) is 22.0 Å². The lowest BCUT2D eigenvalue weighted by atomic mass is 10.3. The first kappa shape index (κ1) is 13.8. The topological polar surface area (TPSA) is 69.2 Å². The Balaban J connectivity index is 2.54. The number of hydrogen-bond donors (Lipinski definition) is 0. The highest BCUT2D eigenvalue weighted by atomic mass is 79.9. The summed E-state index contributed by atoms with van der Waals surface area (Å²) in [5.41, 5.74) is 0.784. The molecule has 0 saturated heterocycles. The lowest BCUT2D eigenvalue weighted by Gasteiger charge is -1.96. The number of Topliss-reactive ketones (excluding diaryl/α,β-unsaturated/α-hetero) is 1. The molecule has 2 aromatic rings. The average Bonchev–Trinajstić information content (AvgIpc) is 2.83. The number of ketones is 1. The molecule has 2 rings (SSSR count). The third kappa shape index (κ3) is 2.87. The molecule has 0 atom stereocenters. The number of nitrogens with zero attached hydrogens (tertiary/aromatic N) is 2. The highest BCUT2D eigenvalue weighted by molar-refractivity contribution is 9.10. The molecule has 19 heavy (non-hydrogen) atoms. The van der Waals surface area contributed by atoms with E-state index in [1.165, 1.54) is 14.0 Å². The summed E-state index contributed by atoms with van der Waals surface area (Å²) in [4.78, 5) is 31.6. The molecule has 0 aliphatic heterocycles. The van der Waals surface area contributed by atoms with Crippen LogP contribution in [0.4, 0.5) is 0 Å². The summed E-state index contributed by atoms with van der Waals surface area (Å²) in [6, 6.07) is 1.82. The van der Waals surface area contributed by atoms with Gasteiger partial charge in [-0.15, -0.1) is 11.3 Å². The van der Waals surface area contributed by atoms with Crippen molar-refractivity contribution in [2.24, 2.45) is 0 Å². The molecule has 7 heteroatoms. The fourth-order valence-corrected chi connectivity index (χ4v) is 2.74. The number of halogens is 1. The van der Waals surface area contributed by atoms with E-state index in [4.69, 9.17) is 0 Å². The fourth-order valence-electron chi connectivity index (χ4n) is 1.45. The number of methoxy groups -OCH3 is 1. The van der Waals surface area contributed by atoms with Crippen molar-refractivity contribution in [3.63, 3.8) is 0 Å². The molecule has 0 N–H and O–H groups in total. The minimum absolute atomic E-state index is 0.0509. The summed E-state index contributed by atoms with van der Waals surface area (Å²) in [7, 11) is 1.26. The number of carbonyl (C=O) groups excluding carboxylic acids is 2. The van der Waals surface area contributed by atoms with Gasteiger partial charge in [-0.25, -0.2) is 9.78 Å². The zero-order valence-electron chi connectivity index (χ0n) is 10.1. The second kappa shape index (κ2) is 5.58. The zero-order valence-corrected chi connectivity index (χ0v) is 12.5. The van der Waals surface area contributed by atoms with Crippen molar-refractivity contribution in [3.05, 3.63) is 33.5 Å². The molecule has 0 fully saturated rings. The summed E-state index contributed by atoms with van der Waals surface area (Å²) >= 11 is 4.46. The molecule has 98 valence electrons. The van der Waals surface area contributed by atoms with E-state index in [1.807, 2.05) is 6.07 Å². The Labute approximate surface area is 121 Å². The Kier molecular flexibility index (Phi) is 4.06. The summed E-state index contributed by atoms with van der Waals surface area (Å²) in [6.07, 6.45) is 3.26. The predicted molar refractivity (Wildman–Crippen MR) is 74.4 cm³/mol. The summed E-state index contributed by atoms with van der Waals surface area (Å²) in [5.74, 6) is -0.831. The van der Waals surface area contributed by atoms with E-state index in [0.29, 0.717) is 9.88 Å². The number of aromatic nitrogens is 2. The largest absolute Gasteiger partial charge is 0.464 e. The van der Waals surface area contributed by atoms with Crippen LogP contribution < -0.4 is 0 Å². The van der Waals surface area contributed by atoms with E-state index < -0.39 is 5.97 Å². The third-order valence-corrected chi connectivity index (χ3v) is 3.92. The van der Waals surface area contributed by atoms with E-state index in [2.05, 4.69) is 30.6 Å². The number of thiazole rings is 1. The van der Waals surface area contributed by atoms with Gasteiger partial charge in [0.2, 0.25) is 0 Å². The van der Waals surface area contributed by atoms with Crippen LogP contribution in [-0.4, -0.2) is 28.8 Å². The highest BCUT2D eigenvalue weighted by Crippen LogP contribution is 2.29. The smallest absolute Gasteiger partial charge is 0.358 e. The summed E-state index contributed by atoms with van der Waals surface area (Å²) in [5, 5.41) is 0.555. The van der Waals surface area contributed by atoms with Crippen LogP contribution in [-0.2, 0) is 4.74 Å². The third-order valence-electron chi connectivity index (χ3n) is 2.28. The monoisotopic (exact) mass is 340 g/mol. The Hall–Kier alpha value is -1.60. The maximum Gasteiger partial charge on any atom is 0.358 e. The first-order valence-electron chi connectivity index (χ1n) is 5.24. The van der Waals surface area contributed by atoms with Gasteiger partial charge in [-0.1, -0.05) is 0 Å². The summed E-state index contributed by atoms with van der Waals surface area (Å²) in [6.45, 7) is 1.39. The van der Waals surface area contributed by atoms with E-state index >= 15 is 0 Å². The number of esters is 1. The Bertz CT molecular complexity index is 654. The van der Waals surface area contributed by atoms with Gasteiger partial charge in [0.1, 0.15) is 9.88 Å². The van der Waals surface area contributed by atoms with Crippen LogP contribution in [0.2, 0.25) is 0 Å². The van der Waals surface area contributed by atoms with Crippen LogP contribution in [0.5, 0.6) is 0 Å².